The van der Waals surface area contributed by atoms with Gasteiger partial charge in [-0.25, -0.2) is 4.79 Å². The van der Waals surface area contributed by atoms with Gasteiger partial charge < -0.3 is 15.0 Å². The van der Waals surface area contributed by atoms with Gasteiger partial charge in [-0.3, -0.25) is 0 Å². The molecule has 0 atom stereocenters. The van der Waals surface area contributed by atoms with Gasteiger partial charge in [-0.15, -0.1) is 0 Å². The third-order valence-corrected chi connectivity index (χ3v) is 3.78. The van der Waals surface area contributed by atoms with Crippen LogP contribution >= 0.6 is 0 Å². The topological polar surface area (TPSA) is 41.6 Å². The van der Waals surface area contributed by atoms with Crippen LogP contribution in [0, 0.1) is 5.92 Å². The average Bonchev–Trinajstić information content (AvgIpc) is 2.66. The van der Waals surface area contributed by atoms with Gasteiger partial charge in [0.15, 0.2) is 0 Å². The summed E-state index contributed by atoms with van der Waals surface area (Å²) < 4.78 is 5.32. The van der Waals surface area contributed by atoms with E-state index < -0.39 is 0 Å². The molecule has 2 rings (SSSR count). The summed E-state index contributed by atoms with van der Waals surface area (Å²) in [5.41, 5.74) is 0. The van der Waals surface area contributed by atoms with Crippen LogP contribution in [0.15, 0.2) is 0 Å². The number of nitrogens with zero attached hydrogens (tertiary/aromatic N) is 1. The SMILES string of the molecule is O=C(NCC1CCOCC1)N1CCCCCC1. The van der Waals surface area contributed by atoms with Gasteiger partial charge in [0.25, 0.3) is 0 Å². The first-order valence-corrected chi connectivity index (χ1v) is 6.97. The first-order chi connectivity index (χ1) is 8.36. The molecule has 0 unspecified atom stereocenters. The van der Waals surface area contributed by atoms with Gasteiger partial charge in [-0.05, 0) is 31.6 Å². The number of rotatable bonds is 2. The smallest absolute Gasteiger partial charge is 0.317 e. The first kappa shape index (κ1) is 12.7. The van der Waals surface area contributed by atoms with E-state index in [2.05, 4.69) is 5.32 Å². The predicted molar refractivity (Wildman–Crippen MR) is 67.0 cm³/mol. The summed E-state index contributed by atoms with van der Waals surface area (Å²) in [6.07, 6.45) is 7.02. The van der Waals surface area contributed by atoms with E-state index in [1.54, 1.807) is 0 Å². The summed E-state index contributed by atoms with van der Waals surface area (Å²) in [6, 6.07) is 0.137. The van der Waals surface area contributed by atoms with Crippen LogP contribution < -0.4 is 5.32 Å². The zero-order chi connectivity index (χ0) is 11.9. The lowest BCUT2D eigenvalue weighted by Gasteiger charge is -2.25. The van der Waals surface area contributed by atoms with Crippen molar-refractivity contribution >= 4 is 6.03 Å². The number of carbonyl (C=O) groups excluding carboxylic acids is 1. The van der Waals surface area contributed by atoms with Gasteiger partial charge in [0.1, 0.15) is 0 Å². The summed E-state index contributed by atoms with van der Waals surface area (Å²) in [6.45, 7) is 4.38. The van der Waals surface area contributed by atoms with Gasteiger partial charge in [0.05, 0.1) is 0 Å². The lowest BCUT2D eigenvalue weighted by atomic mass is 10.0. The molecule has 0 aromatic carbocycles. The number of likely N-dealkylation sites (tertiary alicyclic amines) is 1. The summed E-state index contributed by atoms with van der Waals surface area (Å²) in [5, 5.41) is 3.08. The van der Waals surface area contributed by atoms with E-state index in [0.717, 1.165) is 58.5 Å². The number of carbonyl (C=O) groups is 1. The second-order valence-corrected chi connectivity index (χ2v) is 5.14. The van der Waals surface area contributed by atoms with Crippen LogP contribution in [0.5, 0.6) is 0 Å². The van der Waals surface area contributed by atoms with Crippen molar-refractivity contribution in [2.45, 2.75) is 38.5 Å². The molecule has 0 aromatic heterocycles. The predicted octanol–water partition coefficient (Wildman–Crippen LogP) is 2.00. The van der Waals surface area contributed by atoms with Gasteiger partial charge in [-0.1, -0.05) is 12.8 Å². The standard InChI is InChI=1S/C13H24N2O2/c16-13(15-7-3-1-2-4-8-15)14-11-12-5-9-17-10-6-12/h12H,1-11H2,(H,14,16). The molecule has 0 saturated carbocycles. The molecule has 4 heteroatoms. The molecule has 2 saturated heterocycles. The monoisotopic (exact) mass is 240 g/mol. The molecule has 2 fully saturated rings. The number of ether oxygens (including phenoxy) is 1. The largest absolute Gasteiger partial charge is 0.381 e. The molecule has 0 aromatic rings. The minimum atomic E-state index is 0.137. The fourth-order valence-corrected chi connectivity index (χ4v) is 2.57. The third kappa shape index (κ3) is 4.19. The Labute approximate surface area is 104 Å². The van der Waals surface area contributed by atoms with Crippen molar-refractivity contribution < 1.29 is 9.53 Å². The van der Waals surface area contributed by atoms with Crippen LogP contribution in [-0.2, 0) is 4.74 Å². The Morgan fingerprint density at radius 2 is 1.76 bits per heavy atom. The number of nitrogens with one attached hydrogen (secondary N) is 1. The highest BCUT2D eigenvalue weighted by Crippen LogP contribution is 2.14. The molecule has 0 spiro atoms. The highest BCUT2D eigenvalue weighted by molar-refractivity contribution is 5.74. The van der Waals surface area contributed by atoms with E-state index >= 15 is 0 Å². The number of hydrogen-bond acceptors (Lipinski definition) is 2. The Kier molecular flexibility index (Phi) is 5.10. The normalized spacial score (nSPS) is 23.2. The Morgan fingerprint density at radius 1 is 1.12 bits per heavy atom. The highest BCUT2D eigenvalue weighted by Gasteiger charge is 2.18. The molecule has 2 heterocycles. The maximum Gasteiger partial charge on any atom is 0.317 e. The van der Waals surface area contributed by atoms with Crippen LogP contribution in [0.3, 0.4) is 0 Å². The summed E-state index contributed by atoms with van der Waals surface area (Å²) in [4.78, 5) is 14.0. The van der Waals surface area contributed by atoms with Crippen LogP contribution in [0.1, 0.15) is 38.5 Å². The lowest BCUT2D eigenvalue weighted by Crippen LogP contribution is -2.42. The second kappa shape index (κ2) is 6.84. The lowest BCUT2D eigenvalue weighted by molar-refractivity contribution is 0.0664. The molecule has 0 aliphatic carbocycles. The van der Waals surface area contributed by atoms with E-state index in [-0.39, 0.29) is 6.03 Å². The molecule has 4 nitrogen and oxygen atoms in total. The van der Waals surface area contributed by atoms with Crippen molar-refractivity contribution in [2.75, 3.05) is 32.8 Å². The van der Waals surface area contributed by atoms with E-state index in [1.807, 2.05) is 4.90 Å². The van der Waals surface area contributed by atoms with Gasteiger partial charge in [-0.2, -0.15) is 0 Å². The molecular weight excluding hydrogens is 216 g/mol. The van der Waals surface area contributed by atoms with Crippen molar-refractivity contribution in [1.82, 2.24) is 10.2 Å². The molecule has 2 amide bonds. The molecule has 0 bridgehead atoms. The van der Waals surface area contributed by atoms with Gasteiger partial charge in [0, 0.05) is 32.8 Å². The fourth-order valence-electron chi connectivity index (χ4n) is 2.57. The second-order valence-electron chi connectivity index (χ2n) is 5.14. The van der Waals surface area contributed by atoms with E-state index in [9.17, 15) is 4.79 Å². The van der Waals surface area contributed by atoms with Crippen molar-refractivity contribution in [3.8, 4) is 0 Å². The van der Waals surface area contributed by atoms with Crippen molar-refractivity contribution in [2.24, 2.45) is 5.92 Å². The van der Waals surface area contributed by atoms with Crippen LogP contribution in [0.2, 0.25) is 0 Å². The average molecular weight is 240 g/mol. The molecule has 98 valence electrons. The minimum absolute atomic E-state index is 0.137. The quantitative estimate of drug-likeness (QED) is 0.802. The highest BCUT2D eigenvalue weighted by atomic mass is 16.5. The molecule has 17 heavy (non-hydrogen) atoms. The van der Waals surface area contributed by atoms with Crippen molar-refractivity contribution in [1.29, 1.82) is 0 Å². The van der Waals surface area contributed by atoms with Crippen LogP contribution in [0.4, 0.5) is 4.79 Å². The van der Waals surface area contributed by atoms with Crippen LogP contribution in [-0.4, -0.2) is 43.8 Å². The Hall–Kier alpha value is -0.770. The van der Waals surface area contributed by atoms with Gasteiger partial charge >= 0.3 is 6.03 Å². The maximum absolute atomic E-state index is 12.0. The molecular formula is C13H24N2O2. The van der Waals surface area contributed by atoms with Gasteiger partial charge in [0.2, 0.25) is 0 Å². The van der Waals surface area contributed by atoms with Crippen molar-refractivity contribution in [3.63, 3.8) is 0 Å². The molecule has 2 aliphatic heterocycles. The van der Waals surface area contributed by atoms with E-state index in [4.69, 9.17) is 4.74 Å². The number of urea groups is 1. The minimum Gasteiger partial charge on any atom is -0.381 e. The Balaban J connectivity index is 1.68. The fraction of sp³-hybridized carbons (Fsp3) is 0.923. The molecule has 1 N–H and O–H groups in total. The zero-order valence-corrected chi connectivity index (χ0v) is 10.6. The van der Waals surface area contributed by atoms with E-state index in [1.165, 1.54) is 12.8 Å². The first-order valence-electron chi connectivity index (χ1n) is 6.97. The maximum atomic E-state index is 12.0. The summed E-state index contributed by atoms with van der Waals surface area (Å²) >= 11 is 0. The number of amides is 2. The van der Waals surface area contributed by atoms with Crippen molar-refractivity contribution in [3.05, 3.63) is 0 Å². The Morgan fingerprint density at radius 3 is 2.41 bits per heavy atom. The molecule has 2 aliphatic rings. The zero-order valence-electron chi connectivity index (χ0n) is 10.6. The third-order valence-electron chi connectivity index (χ3n) is 3.78. The summed E-state index contributed by atoms with van der Waals surface area (Å²) in [5.74, 6) is 0.611. The van der Waals surface area contributed by atoms with Crippen LogP contribution in [0.25, 0.3) is 0 Å². The molecule has 0 radical (unpaired) electrons. The Bertz CT molecular complexity index is 232. The summed E-state index contributed by atoms with van der Waals surface area (Å²) in [7, 11) is 0. The van der Waals surface area contributed by atoms with E-state index in [0.29, 0.717) is 5.92 Å². The number of hydrogen-bond donors (Lipinski definition) is 1.